The molecule has 0 spiro atoms. The van der Waals surface area contributed by atoms with Crippen LogP contribution in [-0.4, -0.2) is 35.7 Å². The highest BCUT2D eigenvalue weighted by molar-refractivity contribution is 8.00. The smallest absolute Gasteiger partial charge is 0.252 e. The molecule has 7 heteroatoms. The van der Waals surface area contributed by atoms with E-state index in [4.69, 9.17) is 5.73 Å². The Bertz CT molecular complexity index is 530. The van der Waals surface area contributed by atoms with Crippen molar-refractivity contribution in [3.8, 4) is 0 Å². The topological polar surface area (TPSA) is 84.2 Å². The van der Waals surface area contributed by atoms with E-state index in [1.165, 1.54) is 11.8 Å². The van der Waals surface area contributed by atoms with Gasteiger partial charge in [-0.15, -0.1) is 24.2 Å². The lowest BCUT2D eigenvalue weighted by Gasteiger charge is -2.19. The molecular weight excluding hydrogens is 334 g/mol. The lowest BCUT2D eigenvalue weighted by molar-refractivity contribution is -0.119. The predicted molar refractivity (Wildman–Crippen MR) is 98.3 cm³/mol. The van der Waals surface area contributed by atoms with E-state index in [2.05, 4.69) is 10.6 Å². The van der Waals surface area contributed by atoms with Crippen molar-refractivity contribution in [1.82, 2.24) is 10.6 Å². The second-order valence-electron chi connectivity index (χ2n) is 6.18. The van der Waals surface area contributed by atoms with Gasteiger partial charge in [-0.1, -0.05) is 12.1 Å². The van der Waals surface area contributed by atoms with Gasteiger partial charge in [-0.05, 0) is 39.8 Å². The summed E-state index contributed by atoms with van der Waals surface area (Å²) in [5.41, 5.74) is 5.97. The van der Waals surface area contributed by atoms with Crippen molar-refractivity contribution in [3.63, 3.8) is 0 Å². The van der Waals surface area contributed by atoms with E-state index in [0.29, 0.717) is 12.1 Å². The van der Waals surface area contributed by atoms with Crippen molar-refractivity contribution < 1.29 is 9.59 Å². The maximum Gasteiger partial charge on any atom is 0.252 e. The van der Waals surface area contributed by atoms with Gasteiger partial charge in [-0.25, -0.2) is 0 Å². The van der Waals surface area contributed by atoms with Gasteiger partial charge in [-0.2, -0.15) is 0 Å². The monoisotopic (exact) mass is 359 g/mol. The third-order valence-corrected chi connectivity index (χ3v) is 3.72. The lowest BCUT2D eigenvalue weighted by Crippen LogP contribution is -2.45. The summed E-state index contributed by atoms with van der Waals surface area (Å²) in [5, 5.41) is 5.65. The molecule has 5 nitrogen and oxygen atoms in total. The van der Waals surface area contributed by atoms with E-state index < -0.39 is 5.54 Å². The highest BCUT2D eigenvalue weighted by Crippen LogP contribution is 2.22. The molecule has 0 unspecified atom stereocenters. The van der Waals surface area contributed by atoms with Crippen LogP contribution in [0.15, 0.2) is 29.2 Å². The third-order valence-electron chi connectivity index (χ3n) is 2.64. The molecule has 130 valence electrons. The Hall–Kier alpha value is -1.24. The molecule has 1 aromatic rings. The Balaban J connectivity index is 0.00000484. The summed E-state index contributed by atoms with van der Waals surface area (Å²) in [4.78, 5) is 24.8. The van der Waals surface area contributed by atoms with Crippen molar-refractivity contribution in [2.75, 3.05) is 12.3 Å². The van der Waals surface area contributed by atoms with Gasteiger partial charge in [-0.3, -0.25) is 9.59 Å². The van der Waals surface area contributed by atoms with Crippen molar-refractivity contribution >= 4 is 36.0 Å². The minimum Gasteiger partial charge on any atom is -0.353 e. The van der Waals surface area contributed by atoms with E-state index in [1.54, 1.807) is 12.1 Å². The Morgan fingerprint density at radius 2 is 1.87 bits per heavy atom. The summed E-state index contributed by atoms with van der Waals surface area (Å²) in [6.45, 7) is 7.92. The first-order valence-electron chi connectivity index (χ1n) is 7.27. The Morgan fingerprint density at radius 3 is 2.43 bits per heavy atom. The van der Waals surface area contributed by atoms with E-state index in [-0.39, 0.29) is 36.0 Å². The number of nitrogens with two attached hydrogens (primary N) is 1. The number of thioether (sulfide) groups is 1. The number of hydrogen-bond acceptors (Lipinski definition) is 4. The highest BCUT2D eigenvalue weighted by Gasteiger charge is 2.16. The molecule has 2 amide bonds. The van der Waals surface area contributed by atoms with Crippen LogP contribution in [0.25, 0.3) is 0 Å². The van der Waals surface area contributed by atoms with E-state index in [9.17, 15) is 9.59 Å². The molecule has 0 aliphatic rings. The van der Waals surface area contributed by atoms with E-state index >= 15 is 0 Å². The zero-order valence-corrected chi connectivity index (χ0v) is 15.6. The minimum absolute atomic E-state index is 0. The third kappa shape index (κ3) is 8.83. The van der Waals surface area contributed by atoms with Gasteiger partial charge >= 0.3 is 0 Å². The van der Waals surface area contributed by atoms with Crippen LogP contribution in [0, 0.1) is 0 Å². The number of carbonyl (C=O) groups is 2. The fourth-order valence-electron chi connectivity index (χ4n) is 1.69. The molecule has 0 aromatic heterocycles. The van der Waals surface area contributed by atoms with Gasteiger partial charge < -0.3 is 16.4 Å². The van der Waals surface area contributed by atoms with Crippen LogP contribution in [0.5, 0.6) is 0 Å². The lowest BCUT2D eigenvalue weighted by atomic mass is 10.1. The number of amides is 2. The van der Waals surface area contributed by atoms with Gasteiger partial charge in [0.15, 0.2) is 0 Å². The van der Waals surface area contributed by atoms with Crippen LogP contribution in [0.1, 0.15) is 38.1 Å². The Kier molecular flexibility index (Phi) is 9.27. The number of hydrogen-bond donors (Lipinski definition) is 3. The maximum absolute atomic E-state index is 12.3. The molecule has 4 N–H and O–H groups in total. The first-order chi connectivity index (χ1) is 10.2. The van der Waals surface area contributed by atoms with Crippen molar-refractivity contribution in [2.45, 2.75) is 44.2 Å². The molecule has 1 rings (SSSR count). The molecule has 0 atom stereocenters. The van der Waals surface area contributed by atoms with Crippen LogP contribution < -0.4 is 16.4 Å². The van der Waals surface area contributed by atoms with Gasteiger partial charge in [0.2, 0.25) is 5.91 Å². The molecule has 0 fully saturated rings. The number of rotatable bonds is 7. The Morgan fingerprint density at radius 1 is 1.26 bits per heavy atom. The summed E-state index contributed by atoms with van der Waals surface area (Å²) < 4.78 is 0. The van der Waals surface area contributed by atoms with Crippen molar-refractivity contribution in [2.24, 2.45) is 5.73 Å². The van der Waals surface area contributed by atoms with E-state index in [1.807, 2.05) is 39.8 Å². The van der Waals surface area contributed by atoms with Gasteiger partial charge in [0.05, 0.1) is 11.3 Å². The molecule has 0 aliphatic carbocycles. The summed E-state index contributed by atoms with van der Waals surface area (Å²) >= 11 is 1.35. The summed E-state index contributed by atoms with van der Waals surface area (Å²) in [6, 6.07) is 7.36. The normalized spacial score (nSPS) is 10.9. The van der Waals surface area contributed by atoms with Gasteiger partial charge in [0.25, 0.3) is 5.91 Å². The number of nitrogens with one attached hydrogen (secondary N) is 2. The maximum atomic E-state index is 12.3. The predicted octanol–water partition coefficient (Wildman–Crippen LogP) is 2.19. The van der Waals surface area contributed by atoms with Crippen LogP contribution >= 0.6 is 24.2 Å². The average molecular weight is 360 g/mol. The quantitative estimate of drug-likeness (QED) is 0.651. The second kappa shape index (κ2) is 9.80. The summed E-state index contributed by atoms with van der Waals surface area (Å²) in [6.07, 6.45) is 0. The molecular formula is C16H26ClN3O2S. The fraction of sp³-hybridized carbons (Fsp3) is 0.500. The average Bonchev–Trinajstić information content (AvgIpc) is 2.41. The minimum atomic E-state index is -0.463. The molecule has 0 saturated heterocycles. The molecule has 0 bridgehead atoms. The van der Waals surface area contributed by atoms with Gasteiger partial charge in [0, 0.05) is 23.0 Å². The van der Waals surface area contributed by atoms with Crippen LogP contribution in [0.3, 0.4) is 0 Å². The van der Waals surface area contributed by atoms with Crippen LogP contribution in [0.4, 0.5) is 0 Å². The molecule has 0 heterocycles. The number of halogens is 1. The molecule has 23 heavy (non-hydrogen) atoms. The zero-order chi connectivity index (χ0) is 16.8. The zero-order valence-electron chi connectivity index (χ0n) is 14.0. The second-order valence-corrected chi connectivity index (χ2v) is 7.20. The number of benzene rings is 1. The van der Waals surface area contributed by atoms with Crippen molar-refractivity contribution in [1.29, 1.82) is 0 Å². The number of carbonyl (C=O) groups excluding carboxylic acids is 2. The summed E-state index contributed by atoms with van der Waals surface area (Å²) in [5.74, 6) is 0.0643. The molecule has 1 aromatic carbocycles. The standard InChI is InChI=1S/C16H25N3O2S.ClH/c1-11(2)19-14(20)9-22-13-8-6-5-7-12(13)15(21)18-10-16(3,4)17;/h5-8,11H,9-10,17H2,1-4H3,(H,18,21)(H,19,20);1H. The largest absolute Gasteiger partial charge is 0.353 e. The summed E-state index contributed by atoms with van der Waals surface area (Å²) in [7, 11) is 0. The van der Waals surface area contributed by atoms with Gasteiger partial charge in [0.1, 0.15) is 0 Å². The van der Waals surface area contributed by atoms with Crippen LogP contribution in [-0.2, 0) is 4.79 Å². The Labute approximate surface area is 148 Å². The highest BCUT2D eigenvalue weighted by atomic mass is 35.5. The fourth-order valence-corrected chi connectivity index (χ4v) is 2.55. The first kappa shape index (κ1) is 21.8. The SMILES string of the molecule is CC(C)NC(=O)CSc1ccccc1C(=O)NCC(C)(C)N.Cl. The first-order valence-corrected chi connectivity index (χ1v) is 8.26. The van der Waals surface area contributed by atoms with E-state index in [0.717, 1.165) is 4.90 Å². The van der Waals surface area contributed by atoms with Crippen molar-refractivity contribution in [3.05, 3.63) is 29.8 Å². The molecule has 0 radical (unpaired) electrons. The van der Waals surface area contributed by atoms with Crippen LogP contribution in [0.2, 0.25) is 0 Å². The molecule has 0 saturated carbocycles. The molecule has 0 aliphatic heterocycles.